The summed E-state index contributed by atoms with van der Waals surface area (Å²) in [5.74, 6) is -0.0395. The van der Waals surface area contributed by atoms with Gasteiger partial charge in [0, 0.05) is 6.42 Å². The number of nitrogens with one attached hydrogen (secondary N) is 1. The standard InChI is InChI=1S/C39H77NO3/c1-3-5-7-9-11-13-15-17-19-20-21-22-24-26-28-30-32-34-38(42)37(36-41)40-39(43)35-33-31-29-27-25-23-18-16-14-12-10-8-6-4-2/h16,18,37-38,41-42H,3-15,17,19-36H2,1-2H3,(H,40,43)/b18-16-. The molecule has 0 aliphatic carbocycles. The molecule has 256 valence electrons. The fourth-order valence-corrected chi connectivity index (χ4v) is 6.00. The van der Waals surface area contributed by atoms with E-state index in [9.17, 15) is 15.0 Å². The van der Waals surface area contributed by atoms with Crippen molar-refractivity contribution in [3.63, 3.8) is 0 Å². The second-order valence-corrected chi connectivity index (χ2v) is 13.4. The maximum absolute atomic E-state index is 12.3. The normalized spacial score (nSPS) is 13.1. The molecule has 2 unspecified atom stereocenters. The Kier molecular flexibility index (Phi) is 34.9. The van der Waals surface area contributed by atoms with Crippen LogP contribution in [0.15, 0.2) is 12.2 Å². The maximum atomic E-state index is 12.3. The molecule has 0 aliphatic rings. The van der Waals surface area contributed by atoms with Gasteiger partial charge in [0.15, 0.2) is 0 Å². The monoisotopic (exact) mass is 608 g/mol. The quantitative estimate of drug-likeness (QED) is 0.0496. The van der Waals surface area contributed by atoms with E-state index in [0.29, 0.717) is 12.8 Å². The van der Waals surface area contributed by atoms with Gasteiger partial charge in [0.05, 0.1) is 18.8 Å². The minimum absolute atomic E-state index is 0.0395. The van der Waals surface area contributed by atoms with Crippen molar-refractivity contribution >= 4 is 5.91 Å². The highest BCUT2D eigenvalue weighted by molar-refractivity contribution is 5.76. The second kappa shape index (κ2) is 35.6. The van der Waals surface area contributed by atoms with Crippen molar-refractivity contribution in [1.29, 1.82) is 0 Å². The number of aliphatic hydroxyl groups is 2. The van der Waals surface area contributed by atoms with Crippen LogP contribution in [0.5, 0.6) is 0 Å². The van der Waals surface area contributed by atoms with E-state index in [1.165, 1.54) is 161 Å². The zero-order chi connectivity index (χ0) is 31.5. The summed E-state index contributed by atoms with van der Waals surface area (Å²) >= 11 is 0. The van der Waals surface area contributed by atoms with Crippen molar-refractivity contribution in [2.24, 2.45) is 0 Å². The molecular weight excluding hydrogens is 530 g/mol. The van der Waals surface area contributed by atoms with Gasteiger partial charge in [-0.25, -0.2) is 0 Å². The van der Waals surface area contributed by atoms with Gasteiger partial charge in [0.2, 0.25) is 5.91 Å². The molecule has 0 fully saturated rings. The summed E-state index contributed by atoms with van der Waals surface area (Å²) in [5, 5.41) is 23.1. The van der Waals surface area contributed by atoms with Gasteiger partial charge in [-0.1, -0.05) is 180 Å². The molecule has 0 saturated heterocycles. The molecule has 0 aromatic heterocycles. The smallest absolute Gasteiger partial charge is 0.220 e. The Morgan fingerprint density at radius 1 is 0.535 bits per heavy atom. The molecular formula is C39H77NO3. The van der Waals surface area contributed by atoms with E-state index in [1.807, 2.05) is 0 Å². The molecule has 0 heterocycles. The van der Waals surface area contributed by atoms with E-state index in [1.54, 1.807) is 0 Å². The van der Waals surface area contributed by atoms with Gasteiger partial charge in [-0.15, -0.1) is 0 Å². The predicted molar refractivity (Wildman–Crippen MR) is 189 cm³/mol. The van der Waals surface area contributed by atoms with Crippen molar-refractivity contribution < 1.29 is 15.0 Å². The number of rotatable bonds is 35. The average Bonchev–Trinajstić information content (AvgIpc) is 3.01. The molecule has 0 saturated carbocycles. The lowest BCUT2D eigenvalue weighted by molar-refractivity contribution is -0.123. The van der Waals surface area contributed by atoms with Crippen LogP contribution >= 0.6 is 0 Å². The number of allylic oxidation sites excluding steroid dienone is 2. The van der Waals surface area contributed by atoms with Crippen molar-refractivity contribution in [1.82, 2.24) is 5.32 Å². The second-order valence-electron chi connectivity index (χ2n) is 13.4. The zero-order valence-electron chi connectivity index (χ0n) is 29.2. The first-order valence-electron chi connectivity index (χ1n) is 19.4. The van der Waals surface area contributed by atoms with E-state index in [2.05, 4.69) is 31.3 Å². The molecule has 0 rings (SSSR count). The minimum Gasteiger partial charge on any atom is -0.394 e. The highest BCUT2D eigenvalue weighted by Crippen LogP contribution is 2.15. The first kappa shape index (κ1) is 42.1. The summed E-state index contributed by atoms with van der Waals surface area (Å²) in [6.45, 7) is 4.35. The molecule has 0 aromatic rings. The van der Waals surface area contributed by atoms with Gasteiger partial charge in [0.25, 0.3) is 0 Å². The van der Waals surface area contributed by atoms with Crippen molar-refractivity contribution in [3.8, 4) is 0 Å². The van der Waals surface area contributed by atoms with E-state index in [-0.39, 0.29) is 12.5 Å². The third-order valence-corrected chi connectivity index (χ3v) is 9.03. The van der Waals surface area contributed by atoms with Gasteiger partial charge in [0.1, 0.15) is 0 Å². The Labute approximate surface area is 269 Å². The predicted octanol–water partition coefficient (Wildman–Crippen LogP) is 11.5. The number of carbonyl (C=O) groups excluding carboxylic acids is 1. The number of carbonyl (C=O) groups is 1. The van der Waals surface area contributed by atoms with Gasteiger partial charge in [-0.3, -0.25) is 4.79 Å². The van der Waals surface area contributed by atoms with Gasteiger partial charge >= 0.3 is 0 Å². The molecule has 3 N–H and O–H groups in total. The number of amides is 1. The number of hydrogen-bond acceptors (Lipinski definition) is 3. The number of aliphatic hydroxyl groups excluding tert-OH is 2. The van der Waals surface area contributed by atoms with Crippen LogP contribution in [0, 0.1) is 0 Å². The van der Waals surface area contributed by atoms with Crippen LogP contribution in [-0.4, -0.2) is 34.9 Å². The van der Waals surface area contributed by atoms with Gasteiger partial charge in [-0.2, -0.15) is 0 Å². The van der Waals surface area contributed by atoms with Crippen LogP contribution < -0.4 is 5.32 Å². The topological polar surface area (TPSA) is 69.6 Å². The molecule has 0 radical (unpaired) electrons. The van der Waals surface area contributed by atoms with E-state index >= 15 is 0 Å². The summed E-state index contributed by atoms with van der Waals surface area (Å²) in [5.41, 5.74) is 0. The molecule has 4 heteroatoms. The van der Waals surface area contributed by atoms with E-state index < -0.39 is 12.1 Å². The molecule has 43 heavy (non-hydrogen) atoms. The number of unbranched alkanes of at least 4 members (excludes halogenated alkanes) is 26. The Hall–Kier alpha value is -0.870. The van der Waals surface area contributed by atoms with Crippen LogP contribution in [0.25, 0.3) is 0 Å². The van der Waals surface area contributed by atoms with Crippen LogP contribution in [-0.2, 0) is 4.79 Å². The first-order chi connectivity index (χ1) is 21.2. The first-order valence-corrected chi connectivity index (χ1v) is 19.4. The molecule has 0 bridgehead atoms. The minimum atomic E-state index is -0.658. The Bertz CT molecular complexity index is 579. The lowest BCUT2D eigenvalue weighted by atomic mass is 10.0. The SMILES string of the molecule is CCCCCCC/C=C\CCCCCCCC(=O)NC(CO)C(O)CCCCCCCCCCCCCCCCCCC. The molecule has 0 aliphatic heterocycles. The summed E-state index contributed by atoms with van der Waals surface area (Å²) < 4.78 is 0. The van der Waals surface area contributed by atoms with Crippen molar-refractivity contribution in [2.45, 2.75) is 225 Å². The molecule has 0 aromatic carbocycles. The Balaban J connectivity index is 3.54. The Morgan fingerprint density at radius 2 is 0.884 bits per heavy atom. The van der Waals surface area contributed by atoms with E-state index in [0.717, 1.165) is 25.7 Å². The largest absolute Gasteiger partial charge is 0.394 e. The molecule has 4 nitrogen and oxygen atoms in total. The molecule has 2 atom stereocenters. The fraction of sp³-hybridized carbons (Fsp3) is 0.923. The summed E-state index contributed by atoms with van der Waals surface area (Å²) in [6, 6.07) is -0.535. The van der Waals surface area contributed by atoms with Crippen LogP contribution in [0.3, 0.4) is 0 Å². The van der Waals surface area contributed by atoms with Gasteiger partial charge < -0.3 is 15.5 Å². The average molecular weight is 608 g/mol. The highest BCUT2D eigenvalue weighted by Gasteiger charge is 2.19. The van der Waals surface area contributed by atoms with Crippen LogP contribution in [0.4, 0.5) is 0 Å². The lowest BCUT2D eigenvalue weighted by Gasteiger charge is -2.22. The Morgan fingerprint density at radius 3 is 1.28 bits per heavy atom. The fourth-order valence-electron chi connectivity index (χ4n) is 6.00. The molecule has 1 amide bonds. The van der Waals surface area contributed by atoms with Crippen LogP contribution in [0.1, 0.15) is 213 Å². The van der Waals surface area contributed by atoms with E-state index in [4.69, 9.17) is 0 Å². The maximum Gasteiger partial charge on any atom is 0.220 e. The number of hydrogen-bond donors (Lipinski definition) is 3. The highest BCUT2D eigenvalue weighted by atomic mass is 16.3. The summed E-state index contributed by atoms with van der Waals surface area (Å²) in [4.78, 5) is 12.3. The zero-order valence-corrected chi connectivity index (χ0v) is 29.2. The molecule has 0 spiro atoms. The van der Waals surface area contributed by atoms with Crippen molar-refractivity contribution in [3.05, 3.63) is 12.2 Å². The third kappa shape index (κ3) is 32.3. The lowest BCUT2D eigenvalue weighted by Crippen LogP contribution is -2.45. The summed E-state index contributed by atoms with van der Waals surface area (Å²) in [7, 11) is 0. The van der Waals surface area contributed by atoms with Crippen molar-refractivity contribution in [2.75, 3.05) is 6.61 Å². The van der Waals surface area contributed by atoms with Gasteiger partial charge in [-0.05, 0) is 38.5 Å². The summed E-state index contributed by atoms with van der Waals surface area (Å²) in [6.07, 6.45) is 42.7. The third-order valence-electron chi connectivity index (χ3n) is 9.03. The van der Waals surface area contributed by atoms with Crippen LogP contribution in [0.2, 0.25) is 0 Å².